The SMILES string of the molecule is O=C1CCS(=O)c2c(Cl)cccc21. The van der Waals surface area contributed by atoms with Gasteiger partial charge in [0.2, 0.25) is 0 Å². The maximum atomic E-state index is 11.5. The van der Waals surface area contributed by atoms with Gasteiger partial charge in [0.25, 0.3) is 0 Å². The number of benzene rings is 1. The lowest BCUT2D eigenvalue weighted by molar-refractivity contribution is 0.0984. The molecule has 0 amide bonds. The Hall–Kier alpha value is -0.670. The van der Waals surface area contributed by atoms with Crippen LogP contribution in [0.2, 0.25) is 5.02 Å². The number of fused-ring (bicyclic) bond motifs is 1. The minimum Gasteiger partial charge on any atom is -0.294 e. The van der Waals surface area contributed by atoms with E-state index in [-0.39, 0.29) is 5.78 Å². The van der Waals surface area contributed by atoms with Crippen molar-refractivity contribution in [3.05, 3.63) is 28.8 Å². The summed E-state index contributed by atoms with van der Waals surface area (Å²) in [6, 6.07) is 5.05. The van der Waals surface area contributed by atoms with E-state index in [4.69, 9.17) is 11.6 Å². The van der Waals surface area contributed by atoms with Crippen LogP contribution in [-0.4, -0.2) is 15.7 Å². The van der Waals surface area contributed by atoms with Crippen LogP contribution in [0.5, 0.6) is 0 Å². The van der Waals surface area contributed by atoms with Crippen molar-refractivity contribution < 1.29 is 9.00 Å². The highest BCUT2D eigenvalue weighted by Crippen LogP contribution is 2.28. The van der Waals surface area contributed by atoms with Gasteiger partial charge >= 0.3 is 0 Å². The first-order chi connectivity index (χ1) is 6.20. The maximum absolute atomic E-state index is 11.5. The standard InChI is InChI=1S/C9H7ClO2S/c10-7-3-1-2-6-8(11)4-5-13(12)9(6)7/h1-3H,4-5H2. The van der Waals surface area contributed by atoms with E-state index in [1.54, 1.807) is 18.2 Å². The van der Waals surface area contributed by atoms with Crippen molar-refractivity contribution in [3.63, 3.8) is 0 Å². The highest BCUT2D eigenvalue weighted by atomic mass is 35.5. The third-order valence-electron chi connectivity index (χ3n) is 2.01. The van der Waals surface area contributed by atoms with Crippen molar-refractivity contribution in [2.24, 2.45) is 0 Å². The van der Waals surface area contributed by atoms with Gasteiger partial charge in [0, 0.05) is 17.7 Å². The summed E-state index contributed by atoms with van der Waals surface area (Å²) in [5.74, 6) is 0.437. The molecule has 1 aliphatic rings. The lowest BCUT2D eigenvalue weighted by Gasteiger charge is -2.14. The quantitative estimate of drug-likeness (QED) is 0.662. The fourth-order valence-electron chi connectivity index (χ4n) is 1.38. The van der Waals surface area contributed by atoms with E-state index >= 15 is 0 Å². The van der Waals surface area contributed by atoms with Gasteiger partial charge in [0.15, 0.2) is 5.78 Å². The molecular weight excluding hydrogens is 208 g/mol. The average Bonchev–Trinajstić information content (AvgIpc) is 2.12. The van der Waals surface area contributed by atoms with Crippen molar-refractivity contribution in [3.8, 4) is 0 Å². The predicted octanol–water partition coefficient (Wildman–Crippen LogP) is 2.03. The number of halogens is 1. The molecule has 2 rings (SSSR count). The fraction of sp³-hybridized carbons (Fsp3) is 0.222. The molecule has 1 heterocycles. The summed E-state index contributed by atoms with van der Waals surface area (Å²) in [6.45, 7) is 0. The van der Waals surface area contributed by atoms with Crippen LogP contribution in [0.3, 0.4) is 0 Å². The first-order valence-electron chi connectivity index (χ1n) is 3.90. The fourth-order valence-corrected chi connectivity index (χ4v) is 3.10. The van der Waals surface area contributed by atoms with Crippen molar-refractivity contribution in [1.82, 2.24) is 0 Å². The Kier molecular flexibility index (Phi) is 2.22. The molecule has 1 aromatic carbocycles. The van der Waals surface area contributed by atoms with Crippen molar-refractivity contribution in [2.45, 2.75) is 11.3 Å². The van der Waals surface area contributed by atoms with E-state index < -0.39 is 10.8 Å². The molecule has 0 radical (unpaired) electrons. The van der Waals surface area contributed by atoms with Crippen LogP contribution in [0.1, 0.15) is 16.8 Å². The molecule has 0 aliphatic carbocycles. The zero-order valence-corrected chi connectivity index (χ0v) is 8.32. The molecular formula is C9H7ClO2S. The Labute approximate surface area is 83.4 Å². The first-order valence-corrected chi connectivity index (χ1v) is 5.60. The molecule has 2 nitrogen and oxygen atoms in total. The molecule has 68 valence electrons. The van der Waals surface area contributed by atoms with Gasteiger partial charge in [0.1, 0.15) is 0 Å². The maximum Gasteiger partial charge on any atom is 0.165 e. The van der Waals surface area contributed by atoms with Crippen LogP contribution >= 0.6 is 11.6 Å². The molecule has 0 spiro atoms. The van der Waals surface area contributed by atoms with Crippen LogP contribution in [-0.2, 0) is 10.8 Å². The van der Waals surface area contributed by atoms with E-state index in [2.05, 4.69) is 0 Å². The monoisotopic (exact) mass is 214 g/mol. The van der Waals surface area contributed by atoms with Crippen LogP contribution in [0.25, 0.3) is 0 Å². The second-order valence-corrected chi connectivity index (χ2v) is 4.75. The Morgan fingerprint density at radius 2 is 2.15 bits per heavy atom. The first kappa shape index (κ1) is 8.91. The molecule has 0 saturated carbocycles. The normalized spacial score (nSPS) is 21.3. The third kappa shape index (κ3) is 1.42. The topological polar surface area (TPSA) is 34.1 Å². The third-order valence-corrected chi connectivity index (χ3v) is 3.91. The zero-order chi connectivity index (χ0) is 9.42. The van der Waals surface area contributed by atoms with E-state index in [1.807, 2.05) is 0 Å². The summed E-state index contributed by atoms with van der Waals surface area (Å²) in [6.07, 6.45) is 0.361. The van der Waals surface area contributed by atoms with Crippen molar-refractivity contribution >= 4 is 28.2 Å². The van der Waals surface area contributed by atoms with E-state index in [1.165, 1.54) is 0 Å². The van der Waals surface area contributed by atoms with Crippen LogP contribution < -0.4 is 0 Å². The molecule has 1 aliphatic heterocycles. The van der Waals surface area contributed by atoms with E-state index in [0.717, 1.165) is 0 Å². The molecule has 0 N–H and O–H groups in total. The predicted molar refractivity (Wildman–Crippen MR) is 51.7 cm³/mol. The lowest BCUT2D eigenvalue weighted by Crippen LogP contribution is -2.16. The minimum atomic E-state index is -1.10. The average molecular weight is 215 g/mol. The van der Waals surface area contributed by atoms with E-state index in [9.17, 15) is 9.00 Å². The molecule has 4 heteroatoms. The van der Waals surface area contributed by atoms with Crippen molar-refractivity contribution in [1.29, 1.82) is 0 Å². The second kappa shape index (κ2) is 3.24. The van der Waals surface area contributed by atoms with Crippen LogP contribution in [0.4, 0.5) is 0 Å². The second-order valence-electron chi connectivity index (χ2n) is 2.84. The molecule has 1 unspecified atom stereocenters. The molecule has 13 heavy (non-hydrogen) atoms. The van der Waals surface area contributed by atoms with Gasteiger partial charge in [-0.05, 0) is 6.07 Å². The summed E-state index contributed by atoms with van der Waals surface area (Å²) in [7, 11) is -1.10. The lowest BCUT2D eigenvalue weighted by atomic mass is 10.1. The smallest absolute Gasteiger partial charge is 0.165 e. The van der Waals surface area contributed by atoms with Gasteiger partial charge in [-0.15, -0.1) is 0 Å². The summed E-state index contributed by atoms with van der Waals surface area (Å²) >= 11 is 5.86. The van der Waals surface area contributed by atoms with Gasteiger partial charge in [0.05, 0.1) is 20.7 Å². The summed E-state index contributed by atoms with van der Waals surface area (Å²) < 4.78 is 11.5. The number of hydrogen-bond donors (Lipinski definition) is 0. The van der Waals surface area contributed by atoms with Gasteiger partial charge < -0.3 is 0 Å². The van der Waals surface area contributed by atoms with Crippen LogP contribution in [0, 0.1) is 0 Å². The number of hydrogen-bond acceptors (Lipinski definition) is 2. The number of carbonyl (C=O) groups excluding carboxylic acids is 1. The minimum absolute atomic E-state index is 0.0390. The van der Waals surface area contributed by atoms with Gasteiger partial charge in [-0.25, -0.2) is 0 Å². The molecule has 1 atom stereocenters. The number of carbonyl (C=O) groups is 1. The zero-order valence-electron chi connectivity index (χ0n) is 6.75. The number of rotatable bonds is 0. The van der Waals surface area contributed by atoms with E-state index in [0.29, 0.717) is 27.7 Å². The number of Topliss-reactive ketones (excluding diaryl/α,β-unsaturated/α-hetero) is 1. The highest BCUT2D eigenvalue weighted by molar-refractivity contribution is 7.85. The summed E-state index contributed by atoms with van der Waals surface area (Å²) in [4.78, 5) is 11.9. The van der Waals surface area contributed by atoms with Gasteiger partial charge in [-0.2, -0.15) is 0 Å². The summed E-state index contributed by atoms with van der Waals surface area (Å²) in [5, 5.41) is 0.434. The molecule has 0 aromatic heterocycles. The molecule has 1 aromatic rings. The summed E-state index contributed by atoms with van der Waals surface area (Å²) in [5.41, 5.74) is 0.525. The van der Waals surface area contributed by atoms with Gasteiger partial charge in [-0.3, -0.25) is 9.00 Å². The number of ketones is 1. The highest BCUT2D eigenvalue weighted by Gasteiger charge is 2.24. The Balaban J connectivity index is 2.70. The van der Waals surface area contributed by atoms with Gasteiger partial charge in [-0.1, -0.05) is 23.7 Å². The van der Waals surface area contributed by atoms with Crippen molar-refractivity contribution in [2.75, 3.05) is 5.75 Å². The Morgan fingerprint density at radius 3 is 2.85 bits per heavy atom. The molecule has 0 bridgehead atoms. The largest absolute Gasteiger partial charge is 0.294 e. The Morgan fingerprint density at radius 1 is 1.38 bits per heavy atom. The van der Waals surface area contributed by atoms with Crippen LogP contribution in [0.15, 0.2) is 23.1 Å². The molecule has 0 saturated heterocycles. The Bertz CT molecular complexity index is 401. The molecule has 0 fully saturated rings.